The van der Waals surface area contributed by atoms with Crippen LogP contribution in [0.3, 0.4) is 0 Å². The van der Waals surface area contributed by atoms with Crippen LogP contribution in [0.15, 0.2) is 24.3 Å². The highest BCUT2D eigenvalue weighted by Crippen LogP contribution is 2.31. The van der Waals surface area contributed by atoms with Gasteiger partial charge in [-0.2, -0.15) is 0 Å². The molecule has 0 bridgehead atoms. The van der Waals surface area contributed by atoms with Crippen LogP contribution in [0, 0.1) is 11.8 Å². The van der Waals surface area contributed by atoms with E-state index in [4.69, 9.17) is 0 Å². The highest BCUT2D eigenvalue weighted by Gasteiger charge is 2.18. The summed E-state index contributed by atoms with van der Waals surface area (Å²) in [6.07, 6.45) is 8.27. The van der Waals surface area contributed by atoms with Crippen molar-refractivity contribution < 1.29 is 0 Å². The molecule has 1 saturated carbocycles. The minimum absolute atomic E-state index is 0.948. The molecular weight excluding hydrogens is 192 g/mol. The average Bonchev–Trinajstić information content (AvgIpc) is 2.33. The third-order valence-electron chi connectivity index (χ3n) is 4.14. The summed E-state index contributed by atoms with van der Waals surface area (Å²) in [4.78, 5) is 0. The predicted octanol–water partition coefficient (Wildman–Crippen LogP) is 4.62. The lowest BCUT2D eigenvalue weighted by Crippen LogP contribution is -2.15. The highest BCUT2D eigenvalue weighted by molar-refractivity contribution is 5.27. The molecule has 0 aromatic heterocycles. The molecule has 1 fully saturated rings. The Morgan fingerprint density at radius 3 is 2.25 bits per heavy atom. The summed E-state index contributed by atoms with van der Waals surface area (Å²) in [5, 5.41) is 0. The van der Waals surface area contributed by atoms with E-state index >= 15 is 0 Å². The quantitative estimate of drug-likeness (QED) is 0.691. The Hall–Kier alpha value is -0.780. The number of hydrogen-bond acceptors (Lipinski definition) is 0. The summed E-state index contributed by atoms with van der Waals surface area (Å²) < 4.78 is 0. The number of aryl methyl sites for hydroxylation is 1. The lowest BCUT2D eigenvalue weighted by Gasteiger charge is -2.26. The number of hydrogen-bond donors (Lipinski definition) is 0. The van der Waals surface area contributed by atoms with Crippen LogP contribution in [0.2, 0.25) is 0 Å². The second-order valence-corrected chi connectivity index (χ2v) is 5.45. The van der Waals surface area contributed by atoms with Crippen LogP contribution in [0.4, 0.5) is 0 Å². The Morgan fingerprint density at radius 1 is 1.00 bits per heavy atom. The molecule has 1 aromatic carbocycles. The van der Waals surface area contributed by atoms with E-state index in [2.05, 4.69) is 38.1 Å². The minimum Gasteiger partial charge on any atom is -0.0625 e. The third-order valence-corrected chi connectivity index (χ3v) is 4.14. The maximum Gasteiger partial charge on any atom is -0.0248 e. The Bertz CT molecular complexity index is 319. The van der Waals surface area contributed by atoms with Crippen LogP contribution < -0.4 is 0 Å². The maximum absolute atomic E-state index is 2.40. The van der Waals surface area contributed by atoms with Crippen molar-refractivity contribution in [1.82, 2.24) is 0 Å². The highest BCUT2D eigenvalue weighted by atomic mass is 14.2. The zero-order valence-corrected chi connectivity index (χ0v) is 10.7. The smallest absolute Gasteiger partial charge is 0.0248 e. The first-order valence-corrected chi connectivity index (χ1v) is 6.86. The monoisotopic (exact) mass is 216 g/mol. The molecular formula is C16H24. The van der Waals surface area contributed by atoms with E-state index in [0.717, 1.165) is 11.8 Å². The van der Waals surface area contributed by atoms with Gasteiger partial charge < -0.3 is 0 Å². The van der Waals surface area contributed by atoms with E-state index in [1.54, 1.807) is 11.1 Å². The van der Waals surface area contributed by atoms with E-state index in [9.17, 15) is 0 Å². The molecule has 0 atom stereocenters. The van der Waals surface area contributed by atoms with Crippen molar-refractivity contribution in [2.45, 2.75) is 52.4 Å². The fourth-order valence-electron chi connectivity index (χ4n) is 2.95. The maximum atomic E-state index is 2.40. The molecule has 0 aliphatic heterocycles. The van der Waals surface area contributed by atoms with E-state index in [-0.39, 0.29) is 0 Å². The van der Waals surface area contributed by atoms with Gasteiger partial charge >= 0.3 is 0 Å². The van der Waals surface area contributed by atoms with Crippen LogP contribution >= 0.6 is 0 Å². The first-order chi connectivity index (χ1) is 7.79. The van der Waals surface area contributed by atoms with Crippen LogP contribution in [0.25, 0.3) is 0 Å². The predicted molar refractivity (Wildman–Crippen MR) is 70.6 cm³/mol. The lowest BCUT2D eigenvalue weighted by molar-refractivity contribution is 0.288. The lowest BCUT2D eigenvalue weighted by atomic mass is 9.79. The molecule has 0 heterocycles. The zero-order valence-electron chi connectivity index (χ0n) is 10.7. The molecule has 0 unspecified atom stereocenters. The number of benzene rings is 1. The summed E-state index contributed by atoms with van der Waals surface area (Å²) in [6.45, 7) is 4.66. The largest absolute Gasteiger partial charge is 0.0625 e. The Morgan fingerprint density at radius 2 is 1.62 bits per heavy atom. The molecule has 0 amide bonds. The summed E-state index contributed by atoms with van der Waals surface area (Å²) in [5.74, 6) is 1.92. The fourth-order valence-corrected chi connectivity index (χ4v) is 2.95. The van der Waals surface area contributed by atoms with Crippen molar-refractivity contribution in [2.24, 2.45) is 11.8 Å². The second kappa shape index (κ2) is 5.52. The van der Waals surface area contributed by atoms with Crippen LogP contribution in [-0.2, 0) is 12.8 Å². The Balaban J connectivity index is 1.98. The van der Waals surface area contributed by atoms with Crippen molar-refractivity contribution in [3.8, 4) is 0 Å². The van der Waals surface area contributed by atoms with E-state index in [1.165, 1.54) is 38.5 Å². The second-order valence-electron chi connectivity index (χ2n) is 5.45. The third kappa shape index (κ3) is 2.87. The van der Waals surface area contributed by atoms with Gasteiger partial charge in [0.25, 0.3) is 0 Å². The van der Waals surface area contributed by atoms with Crippen molar-refractivity contribution >= 4 is 0 Å². The van der Waals surface area contributed by atoms with Crippen LogP contribution in [-0.4, -0.2) is 0 Å². The van der Waals surface area contributed by atoms with E-state index < -0.39 is 0 Å². The van der Waals surface area contributed by atoms with E-state index in [0.29, 0.717) is 0 Å². The molecule has 1 aromatic rings. The van der Waals surface area contributed by atoms with Crippen molar-refractivity contribution in [3.63, 3.8) is 0 Å². The molecule has 0 spiro atoms. The molecule has 0 nitrogen and oxygen atoms in total. The summed E-state index contributed by atoms with van der Waals surface area (Å²) >= 11 is 0. The standard InChI is InChI=1S/C16H24/c1-3-15-6-4-5-7-16(15)12-14-10-8-13(2)9-11-14/h4-7,13-14H,3,8-12H2,1-2H3. The van der Waals surface area contributed by atoms with Gasteiger partial charge in [-0.3, -0.25) is 0 Å². The molecule has 1 aliphatic rings. The summed E-state index contributed by atoms with van der Waals surface area (Å²) in [5.41, 5.74) is 3.16. The molecule has 0 heteroatoms. The minimum atomic E-state index is 0.948. The van der Waals surface area contributed by atoms with Crippen molar-refractivity contribution in [3.05, 3.63) is 35.4 Å². The van der Waals surface area contributed by atoms with Gasteiger partial charge in [0.1, 0.15) is 0 Å². The molecule has 0 saturated heterocycles. The van der Waals surface area contributed by atoms with Crippen molar-refractivity contribution in [1.29, 1.82) is 0 Å². The first-order valence-electron chi connectivity index (χ1n) is 6.86. The topological polar surface area (TPSA) is 0 Å². The van der Waals surface area contributed by atoms with Gasteiger partial charge in [0.2, 0.25) is 0 Å². The van der Waals surface area contributed by atoms with Gasteiger partial charge in [0, 0.05) is 0 Å². The molecule has 2 rings (SSSR count). The fraction of sp³-hybridized carbons (Fsp3) is 0.625. The van der Waals surface area contributed by atoms with Gasteiger partial charge in [0.05, 0.1) is 0 Å². The first kappa shape index (κ1) is 11.7. The average molecular weight is 216 g/mol. The van der Waals surface area contributed by atoms with Crippen LogP contribution in [0.5, 0.6) is 0 Å². The van der Waals surface area contributed by atoms with Gasteiger partial charge in [-0.05, 0) is 48.6 Å². The SMILES string of the molecule is CCc1ccccc1CC1CCC(C)CC1. The molecule has 16 heavy (non-hydrogen) atoms. The molecule has 0 N–H and O–H groups in total. The molecule has 0 radical (unpaired) electrons. The van der Waals surface area contributed by atoms with Crippen molar-refractivity contribution in [2.75, 3.05) is 0 Å². The van der Waals surface area contributed by atoms with Gasteiger partial charge in [-0.25, -0.2) is 0 Å². The van der Waals surface area contributed by atoms with Crippen LogP contribution in [0.1, 0.15) is 50.7 Å². The summed E-state index contributed by atoms with van der Waals surface area (Å²) in [6, 6.07) is 8.99. The zero-order chi connectivity index (χ0) is 11.4. The Kier molecular flexibility index (Phi) is 4.04. The molecule has 88 valence electrons. The van der Waals surface area contributed by atoms with Gasteiger partial charge in [0.15, 0.2) is 0 Å². The van der Waals surface area contributed by atoms with Gasteiger partial charge in [-0.1, -0.05) is 51.0 Å². The molecule has 1 aliphatic carbocycles. The van der Waals surface area contributed by atoms with E-state index in [1.807, 2.05) is 0 Å². The normalized spacial score (nSPS) is 25.6. The Labute approximate surface area is 100 Å². The summed E-state index contributed by atoms with van der Waals surface area (Å²) in [7, 11) is 0. The number of rotatable bonds is 3. The van der Waals surface area contributed by atoms with Gasteiger partial charge in [-0.15, -0.1) is 0 Å².